The zero-order valence-corrected chi connectivity index (χ0v) is 15.0. The Labute approximate surface area is 154 Å². The second-order valence-corrected chi connectivity index (χ2v) is 6.15. The molecule has 0 unspecified atom stereocenters. The summed E-state index contributed by atoms with van der Waals surface area (Å²) in [7, 11) is 0. The third-order valence-electron chi connectivity index (χ3n) is 4.20. The van der Waals surface area contributed by atoms with E-state index >= 15 is 0 Å². The number of ether oxygens (including phenoxy) is 1. The van der Waals surface area contributed by atoms with E-state index in [1.807, 2.05) is 26.0 Å². The number of benzene rings is 2. The molecule has 0 saturated heterocycles. The molecule has 0 aliphatic carbocycles. The van der Waals surface area contributed by atoms with Crippen LogP contribution in [0.4, 0.5) is 14.7 Å². The van der Waals surface area contributed by atoms with Crippen molar-refractivity contribution >= 4 is 11.8 Å². The molecular formula is C20H18F2N2O3. The van der Waals surface area contributed by atoms with E-state index in [0.29, 0.717) is 11.3 Å². The van der Waals surface area contributed by atoms with E-state index in [-0.39, 0.29) is 11.6 Å². The minimum atomic E-state index is -0.989. The normalized spacial score (nSPS) is 11.9. The van der Waals surface area contributed by atoms with Crippen LogP contribution in [0.3, 0.4) is 0 Å². The molecule has 0 aliphatic heterocycles. The molecular weight excluding hydrogens is 354 g/mol. The number of aromatic nitrogens is 1. The van der Waals surface area contributed by atoms with Gasteiger partial charge in [-0.25, -0.2) is 8.78 Å². The molecule has 5 nitrogen and oxygen atoms in total. The summed E-state index contributed by atoms with van der Waals surface area (Å²) in [6.07, 6.45) is -0.776. The lowest BCUT2D eigenvalue weighted by Crippen LogP contribution is -2.30. The van der Waals surface area contributed by atoms with Gasteiger partial charge < -0.3 is 9.26 Å². The molecule has 3 aromatic rings. The molecule has 27 heavy (non-hydrogen) atoms. The number of carbonyl (C=O) groups excluding carboxylic acids is 1. The van der Waals surface area contributed by atoms with Crippen molar-refractivity contribution in [2.75, 3.05) is 5.32 Å². The van der Waals surface area contributed by atoms with Gasteiger partial charge >= 0.3 is 0 Å². The molecule has 0 radical (unpaired) electrons. The number of carbonyl (C=O) groups is 1. The highest BCUT2D eigenvalue weighted by atomic mass is 19.2. The van der Waals surface area contributed by atoms with Crippen LogP contribution in [0.25, 0.3) is 11.3 Å². The van der Waals surface area contributed by atoms with Crippen molar-refractivity contribution in [3.8, 4) is 17.0 Å². The van der Waals surface area contributed by atoms with Crippen molar-refractivity contribution in [1.82, 2.24) is 5.16 Å². The molecule has 2 aromatic carbocycles. The Hall–Kier alpha value is -3.22. The lowest BCUT2D eigenvalue weighted by molar-refractivity contribution is -0.122. The van der Waals surface area contributed by atoms with E-state index in [1.165, 1.54) is 12.1 Å². The van der Waals surface area contributed by atoms with E-state index in [9.17, 15) is 13.6 Å². The van der Waals surface area contributed by atoms with Gasteiger partial charge in [0, 0.05) is 11.6 Å². The average molecular weight is 372 g/mol. The number of hydrogen-bond donors (Lipinski definition) is 1. The summed E-state index contributed by atoms with van der Waals surface area (Å²) in [5.41, 5.74) is 2.62. The molecule has 0 spiro atoms. The predicted octanol–water partition coefficient (Wildman–Crippen LogP) is 4.64. The average Bonchev–Trinajstić information content (AvgIpc) is 3.09. The lowest BCUT2D eigenvalue weighted by Gasteiger charge is -2.16. The Morgan fingerprint density at radius 1 is 1.15 bits per heavy atom. The zero-order chi connectivity index (χ0) is 19.6. The smallest absolute Gasteiger partial charge is 0.267 e. The third-order valence-corrected chi connectivity index (χ3v) is 4.20. The highest BCUT2D eigenvalue weighted by molar-refractivity contribution is 5.93. The first-order valence-electron chi connectivity index (χ1n) is 8.31. The maximum absolute atomic E-state index is 13.3. The van der Waals surface area contributed by atoms with E-state index in [1.54, 1.807) is 13.0 Å². The Morgan fingerprint density at radius 3 is 2.67 bits per heavy atom. The van der Waals surface area contributed by atoms with Crippen molar-refractivity contribution in [3.05, 3.63) is 65.2 Å². The van der Waals surface area contributed by atoms with E-state index in [2.05, 4.69) is 10.5 Å². The molecule has 1 amide bonds. The molecule has 1 N–H and O–H groups in total. The number of nitrogens with zero attached hydrogens (tertiary/aromatic N) is 1. The van der Waals surface area contributed by atoms with Gasteiger partial charge in [-0.1, -0.05) is 17.3 Å². The lowest BCUT2D eigenvalue weighted by atomic mass is 10.1. The molecule has 3 rings (SSSR count). The summed E-state index contributed by atoms with van der Waals surface area (Å²) < 4.78 is 37.1. The largest absolute Gasteiger partial charge is 0.481 e. The molecule has 1 aromatic heterocycles. The zero-order valence-electron chi connectivity index (χ0n) is 15.0. The fraction of sp³-hybridized carbons (Fsp3) is 0.200. The second kappa shape index (κ2) is 7.57. The minimum Gasteiger partial charge on any atom is -0.481 e. The van der Waals surface area contributed by atoms with Gasteiger partial charge in [0.05, 0.1) is 0 Å². The van der Waals surface area contributed by atoms with Crippen LogP contribution in [0.5, 0.6) is 5.75 Å². The first kappa shape index (κ1) is 18.6. The van der Waals surface area contributed by atoms with E-state index < -0.39 is 23.6 Å². The number of aryl methyl sites for hydroxylation is 1. The summed E-state index contributed by atoms with van der Waals surface area (Å²) in [4.78, 5) is 12.3. The summed E-state index contributed by atoms with van der Waals surface area (Å²) in [5.74, 6) is -1.66. The molecule has 7 heteroatoms. The van der Waals surface area contributed by atoms with E-state index in [4.69, 9.17) is 9.26 Å². The molecule has 0 fully saturated rings. The summed E-state index contributed by atoms with van der Waals surface area (Å²) in [6.45, 7) is 5.49. The van der Waals surface area contributed by atoms with Crippen molar-refractivity contribution in [2.45, 2.75) is 26.9 Å². The highest BCUT2D eigenvalue weighted by Gasteiger charge is 2.19. The van der Waals surface area contributed by atoms with Gasteiger partial charge in [0.2, 0.25) is 5.88 Å². The van der Waals surface area contributed by atoms with Crippen molar-refractivity contribution in [1.29, 1.82) is 0 Å². The van der Waals surface area contributed by atoms with Crippen LogP contribution in [0.1, 0.15) is 18.1 Å². The maximum Gasteiger partial charge on any atom is 0.267 e. The number of rotatable bonds is 5. The quantitative estimate of drug-likeness (QED) is 0.708. The van der Waals surface area contributed by atoms with Gasteiger partial charge in [-0.15, -0.1) is 0 Å². The second-order valence-electron chi connectivity index (χ2n) is 6.15. The van der Waals surface area contributed by atoms with Gasteiger partial charge in [-0.05, 0) is 56.2 Å². The highest BCUT2D eigenvalue weighted by Crippen LogP contribution is 2.24. The van der Waals surface area contributed by atoms with Gasteiger partial charge in [0.1, 0.15) is 11.4 Å². The van der Waals surface area contributed by atoms with Crippen LogP contribution < -0.4 is 10.1 Å². The summed E-state index contributed by atoms with van der Waals surface area (Å²) >= 11 is 0. The van der Waals surface area contributed by atoms with Crippen LogP contribution in [-0.4, -0.2) is 17.2 Å². The number of nitrogens with one attached hydrogen (secondary N) is 1. The first-order valence-corrected chi connectivity index (χ1v) is 8.31. The standard InChI is InChI=1S/C20H18F2N2O3/c1-11-5-4-6-18(12(11)2)26-13(3)20(25)23-19-10-17(24-27-19)14-7-8-15(21)16(22)9-14/h4-10,13H,1-3H3,(H,23,25)/t13-/m1/s1. The first-order chi connectivity index (χ1) is 12.8. The van der Waals surface area contributed by atoms with Crippen LogP contribution in [0.2, 0.25) is 0 Å². The van der Waals surface area contributed by atoms with Crippen molar-refractivity contribution < 1.29 is 22.8 Å². The molecule has 0 aliphatic rings. The fourth-order valence-corrected chi connectivity index (χ4v) is 2.44. The molecule has 140 valence electrons. The number of hydrogen-bond acceptors (Lipinski definition) is 4. The molecule has 1 atom stereocenters. The van der Waals surface area contributed by atoms with Crippen LogP contribution >= 0.6 is 0 Å². The number of halogens is 2. The van der Waals surface area contributed by atoms with Crippen LogP contribution in [0, 0.1) is 25.5 Å². The minimum absolute atomic E-state index is 0.0798. The maximum atomic E-state index is 13.3. The SMILES string of the molecule is Cc1cccc(O[C@H](C)C(=O)Nc2cc(-c3ccc(F)c(F)c3)no2)c1C. The molecule has 0 bridgehead atoms. The van der Waals surface area contributed by atoms with Gasteiger partial charge in [-0.3, -0.25) is 10.1 Å². The Bertz CT molecular complexity index is 985. The summed E-state index contributed by atoms with van der Waals surface area (Å²) in [5, 5.41) is 6.31. The summed E-state index contributed by atoms with van der Waals surface area (Å²) in [6, 6.07) is 10.4. The van der Waals surface area contributed by atoms with Crippen LogP contribution in [0.15, 0.2) is 47.0 Å². The van der Waals surface area contributed by atoms with Crippen molar-refractivity contribution in [3.63, 3.8) is 0 Å². The van der Waals surface area contributed by atoms with Gasteiger partial charge in [0.15, 0.2) is 17.7 Å². The number of anilines is 1. The fourth-order valence-electron chi connectivity index (χ4n) is 2.44. The van der Waals surface area contributed by atoms with Crippen LogP contribution in [-0.2, 0) is 4.79 Å². The Balaban J connectivity index is 1.68. The van der Waals surface area contributed by atoms with E-state index in [0.717, 1.165) is 23.3 Å². The van der Waals surface area contributed by atoms with Crippen molar-refractivity contribution in [2.24, 2.45) is 0 Å². The predicted molar refractivity (Wildman–Crippen MR) is 96.5 cm³/mol. The molecule has 1 heterocycles. The Morgan fingerprint density at radius 2 is 1.93 bits per heavy atom. The third kappa shape index (κ3) is 4.13. The molecule has 0 saturated carbocycles. The topological polar surface area (TPSA) is 64.4 Å². The van der Waals surface area contributed by atoms with Gasteiger partial charge in [0.25, 0.3) is 5.91 Å². The Kier molecular flexibility index (Phi) is 5.21. The monoisotopic (exact) mass is 372 g/mol. The number of amides is 1. The van der Waals surface area contributed by atoms with Gasteiger partial charge in [-0.2, -0.15) is 0 Å².